The molecular formula is C18H34N4O6S. The fraction of sp³-hybridized carbons (Fsp3) is 0.778. The van der Waals surface area contributed by atoms with Gasteiger partial charge in [-0.1, -0.05) is 40.5 Å². The summed E-state index contributed by atoms with van der Waals surface area (Å²) in [5, 5.41) is 25.8. The van der Waals surface area contributed by atoms with Crippen LogP contribution in [0.2, 0.25) is 0 Å². The number of thiol groups is 1. The zero-order valence-corrected chi connectivity index (χ0v) is 18.2. The Labute approximate surface area is 176 Å². The molecule has 0 aliphatic heterocycles. The zero-order valence-electron chi connectivity index (χ0n) is 17.3. The molecule has 168 valence electrons. The lowest BCUT2D eigenvalue weighted by Gasteiger charge is -2.27. The van der Waals surface area contributed by atoms with Crippen LogP contribution in [-0.2, 0) is 19.2 Å². The normalized spacial score (nSPS) is 17.2. The first-order chi connectivity index (χ1) is 13.5. The van der Waals surface area contributed by atoms with Crippen LogP contribution in [0.5, 0.6) is 0 Å². The topological polar surface area (TPSA) is 171 Å². The first-order valence-corrected chi connectivity index (χ1v) is 10.3. The monoisotopic (exact) mass is 434 g/mol. The van der Waals surface area contributed by atoms with Gasteiger partial charge >= 0.3 is 5.97 Å². The number of carboxylic acid groups (broad SMARTS) is 1. The smallest absolute Gasteiger partial charge is 0.327 e. The molecule has 11 heteroatoms. The van der Waals surface area contributed by atoms with E-state index in [1.165, 1.54) is 0 Å². The number of rotatable bonds is 13. The van der Waals surface area contributed by atoms with E-state index in [9.17, 15) is 24.3 Å². The van der Waals surface area contributed by atoms with E-state index in [2.05, 4.69) is 28.6 Å². The van der Waals surface area contributed by atoms with Crippen molar-refractivity contribution in [1.82, 2.24) is 16.0 Å². The Morgan fingerprint density at radius 2 is 1.41 bits per heavy atom. The van der Waals surface area contributed by atoms with Gasteiger partial charge in [0.2, 0.25) is 17.7 Å². The quantitative estimate of drug-likeness (QED) is 0.180. The van der Waals surface area contributed by atoms with Gasteiger partial charge in [0.05, 0.1) is 12.6 Å². The maximum absolute atomic E-state index is 12.6. The van der Waals surface area contributed by atoms with E-state index in [-0.39, 0.29) is 17.6 Å². The minimum atomic E-state index is -1.29. The molecule has 0 heterocycles. The Morgan fingerprint density at radius 1 is 0.897 bits per heavy atom. The fourth-order valence-corrected chi connectivity index (χ4v) is 2.62. The largest absolute Gasteiger partial charge is 0.480 e. The summed E-state index contributed by atoms with van der Waals surface area (Å²) in [5.74, 6) is -3.86. The summed E-state index contributed by atoms with van der Waals surface area (Å²) in [5.41, 5.74) is 5.84. The number of hydrogen-bond donors (Lipinski definition) is 7. The molecule has 0 saturated carbocycles. The van der Waals surface area contributed by atoms with Crippen LogP contribution in [0, 0.1) is 11.8 Å². The van der Waals surface area contributed by atoms with Crippen molar-refractivity contribution in [1.29, 1.82) is 0 Å². The number of nitrogens with one attached hydrogen (secondary N) is 3. The van der Waals surface area contributed by atoms with Crippen molar-refractivity contribution in [2.45, 2.75) is 64.7 Å². The molecule has 3 amide bonds. The summed E-state index contributed by atoms with van der Waals surface area (Å²) in [7, 11) is 0. The van der Waals surface area contributed by atoms with Crippen molar-refractivity contribution < 1.29 is 29.4 Å². The minimum absolute atomic E-state index is 0.120. The number of hydrogen-bond acceptors (Lipinski definition) is 7. The Hall–Kier alpha value is -1.85. The van der Waals surface area contributed by atoms with Crippen molar-refractivity contribution >= 4 is 36.3 Å². The summed E-state index contributed by atoms with van der Waals surface area (Å²) in [4.78, 5) is 48.4. The molecule has 0 fully saturated rings. The van der Waals surface area contributed by atoms with E-state index in [0.717, 1.165) is 0 Å². The molecule has 0 radical (unpaired) electrons. The SMILES string of the molecule is CCC(C)C(N)C(=O)NC(CO)C(=O)NC(C(=O)NC(CS)C(=O)O)C(C)CC. The highest BCUT2D eigenvalue weighted by atomic mass is 32.1. The highest BCUT2D eigenvalue weighted by molar-refractivity contribution is 7.80. The molecule has 0 aromatic heterocycles. The number of aliphatic hydroxyl groups excluding tert-OH is 1. The average Bonchev–Trinajstić information content (AvgIpc) is 2.71. The second-order valence-corrected chi connectivity index (χ2v) is 7.47. The van der Waals surface area contributed by atoms with Crippen LogP contribution in [-0.4, -0.2) is 70.4 Å². The molecule has 0 saturated heterocycles. The Kier molecular flexibility index (Phi) is 12.5. The molecule has 0 aliphatic rings. The second-order valence-electron chi connectivity index (χ2n) is 7.11. The van der Waals surface area contributed by atoms with Gasteiger partial charge in [-0.15, -0.1) is 0 Å². The van der Waals surface area contributed by atoms with Gasteiger partial charge in [0.15, 0.2) is 0 Å². The molecule has 0 spiro atoms. The van der Waals surface area contributed by atoms with Crippen LogP contribution in [0.4, 0.5) is 0 Å². The van der Waals surface area contributed by atoms with Gasteiger partial charge in [-0.2, -0.15) is 12.6 Å². The van der Waals surface area contributed by atoms with Gasteiger partial charge in [-0.05, 0) is 11.8 Å². The van der Waals surface area contributed by atoms with Gasteiger partial charge in [0.1, 0.15) is 18.1 Å². The number of carbonyl (C=O) groups is 4. The van der Waals surface area contributed by atoms with Crippen molar-refractivity contribution in [3.8, 4) is 0 Å². The van der Waals surface area contributed by atoms with E-state index in [1.54, 1.807) is 20.8 Å². The van der Waals surface area contributed by atoms with Gasteiger partial charge in [-0.3, -0.25) is 14.4 Å². The van der Waals surface area contributed by atoms with Crippen LogP contribution in [0.3, 0.4) is 0 Å². The number of aliphatic hydroxyl groups is 1. The Bertz CT molecular complexity index is 577. The summed E-state index contributed by atoms with van der Waals surface area (Å²) in [6.45, 7) is 6.50. The molecular weight excluding hydrogens is 400 g/mol. The maximum atomic E-state index is 12.6. The van der Waals surface area contributed by atoms with Crippen LogP contribution in [0.25, 0.3) is 0 Å². The molecule has 0 aliphatic carbocycles. The lowest BCUT2D eigenvalue weighted by Crippen LogP contribution is -2.60. The number of amides is 3. The fourth-order valence-electron chi connectivity index (χ4n) is 2.38. The lowest BCUT2D eigenvalue weighted by atomic mass is 9.97. The molecule has 6 unspecified atom stereocenters. The summed E-state index contributed by atoms with van der Waals surface area (Å²) < 4.78 is 0. The van der Waals surface area contributed by atoms with Gasteiger partial charge < -0.3 is 31.9 Å². The number of carbonyl (C=O) groups excluding carboxylic acids is 3. The predicted octanol–water partition coefficient (Wildman–Crippen LogP) is -1.13. The number of aliphatic carboxylic acids is 1. The molecule has 29 heavy (non-hydrogen) atoms. The third-order valence-electron chi connectivity index (χ3n) is 4.97. The maximum Gasteiger partial charge on any atom is 0.327 e. The zero-order chi connectivity index (χ0) is 22.7. The van der Waals surface area contributed by atoms with Crippen molar-refractivity contribution in [3.05, 3.63) is 0 Å². The molecule has 6 atom stereocenters. The summed E-state index contributed by atoms with van der Waals surface area (Å²) in [6.07, 6.45) is 1.18. The second kappa shape index (κ2) is 13.4. The average molecular weight is 435 g/mol. The van der Waals surface area contributed by atoms with Crippen LogP contribution in [0.15, 0.2) is 0 Å². The highest BCUT2D eigenvalue weighted by Gasteiger charge is 2.32. The molecule has 0 aromatic carbocycles. The first kappa shape index (κ1) is 27.1. The number of carboxylic acids is 1. The van der Waals surface area contributed by atoms with E-state index in [4.69, 9.17) is 10.8 Å². The van der Waals surface area contributed by atoms with Crippen molar-refractivity contribution in [3.63, 3.8) is 0 Å². The summed E-state index contributed by atoms with van der Waals surface area (Å²) >= 11 is 3.90. The first-order valence-electron chi connectivity index (χ1n) is 9.65. The van der Waals surface area contributed by atoms with Crippen molar-refractivity contribution in [2.24, 2.45) is 17.6 Å². The molecule has 10 nitrogen and oxygen atoms in total. The third-order valence-corrected chi connectivity index (χ3v) is 5.33. The van der Waals surface area contributed by atoms with Gasteiger partial charge in [-0.25, -0.2) is 4.79 Å². The van der Waals surface area contributed by atoms with E-state index in [0.29, 0.717) is 12.8 Å². The van der Waals surface area contributed by atoms with Crippen LogP contribution in [0.1, 0.15) is 40.5 Å². The predicted molar refractivity (Wildman–Crippen MR) is 111 cm³/mol. The third kappa shape index (κ3) is 8.58. The molecule has 7 N–H and O–H groups in total. The standard InChI is InChI=1S/C18H34N4O6S/c1-5-9(3)13(19)16(25)20-11(7-23)15(24)22-14(10(4)6-2)17(26)21-12(8-29)18(27)28/h9-14,23,29H,5-8,19H2,1-4H3,(H,20,25)(H,21,26)(H,22,24)(H,27,28). The lowest BCUT2D eigenvalue weighted by molar-refractivity contribution is -0.142. The highest BCUT2D eigenvalue weighted by Crippen LogP contribution is 2.10. The molecule has 0 bridgehead atoms. The number of nitrogens with two attached hydrogens (primary N) is 1. The Balaban J connectivity index is 5.25. The molecule has 0 rings (SSSR count). The van der Waals surface area contributed by atoms with Crippen LogP contribution >= 0.6 is 12.6 Å². The molecule has 0 aromatic rings. The summed E-state index contributed by atoms with van der Waals surface area (Å²) in [6, 6.07) is -4.40. The van der Waals surface area contributed by atoms with E-state index in [1.807, 2.05) is 6.92 Å². The van der Waals surface area contributed by atoms with Gasteiger partial charge in [0, 0.05) is 5.75 Å². The van der Waals surface area contributed by atoms with E-state index < -0.39 is 54.5 Å². The Morgan fingerprint density at radius 3 is 1.83 bits per heavy atom. The van der Waals surface area contributed by atoms with E-state index >= 15 is 0 Å². The van der Waals surface area contributed by atoms with Gasteiger partial charge in [0.25, 0.3) is 0 Å². The van der Waals surface area contributed by atoms with Crippen molar-refractivity contribution in [2.75, 3.05) is 12.4 Å². The van der Waals surface area contributed by atoms with Crippen LogP contribution < -0.4 is 21.7 Å². The minimum Gasteiger partial charge on any atom is -0.480 e.